The molecule has 10 aromatic rings. The number of anilines is 1. The third kappa shape index (κ3) is 19.2. The molecule has 0 bridgehead atoms. The zero-order chi connectivity index (χ0) is 82.2. The molecule has 2 saturated heterocycles. The van der Waals surface area contributed by atoms with E-state index in [1.54, 1.807) is 68.8 Å². The van der Waals surface area contributed by atoms with Crippen molar-refractivity contribution in [2.24, 2.45) is 0 Å². The Labute approximate surface area is 676 Å². The first-order valence-corrected chi connectivity index (χ1v) is 42.7. The summed E-state index contributed by atoms with van der Waals surface area (Å²) in [5.41, 5.74) is 0.00104. The van der Waals surface area contributed by atoms with Gasteiger partial charge in [-0.25, -0.2) is 32.0 Å². The highest BCUT2D eigenvalue weighted by Gasteiger charge is 2.52. The van der Waals surface area contributed by atoms with Gasteiger partial charge in [0.25, 0.3) is 20.0 Å². The van der Waals surface area contributed by atoms with E-state index >= 15 is 4.57 Å². The van der Waals surface area contributed by atoms with E-state index < -0.39 is 103 Å². The Morgan fingerprint density at radius 3 is 1.83 bits per heavy atom. The molecule has 3 aromatic heterocycles. The number of para-hydroxylation sites is 1. The van der Waals surface area contributed by atoms with E-state index in [9.17, 15) is 24.0 Å². The molecule has 2 aliphatic rings. The average Bonchev–Trinajstić information content (AvgIpc) is 1.44. The number of aromatic nitrogens is 5. The number of phosphoric ester groups is 1. The SMILES string of the molecule is [C-]#[N+]CCOP(OC1C[C@H](n2ccc(NC(=O)c3ccccc3)nc2=O)O[C@@H]1COP(=O)(OCC[N+]#[C-])OC1C[C@H](n2cc(C#CCNC(=O)Cc3cn([Si](c4ccccc4)(c4ccccc4)C(C)(C)C)c4ccccc34)c(=O)[nH]c2=O)O[C@@H]1COC(c1ccccc1)(c1ccc(OC)cc1)c1ccc(OC)cc1)N(C(C)C)C(C)C. The third-order valence-corrected chi connectivity index (χ3v) is 29.5. The average molecular weight is 1630 g/mol. The minimum Gasteiger partial charge on any atom is -0.497 e. The Bertz CT molecular complexity index is 5320. The van der Waals surface area contributed by atoms with Crippen molar-refractivity contribution in [3.63, 3.8) is 0 Å². The molecule has 2 aliphatic heterocycles. The summed E-state index contributed by atoms with van der Waals surface area (Å²) >= 11 is 0. The van der Waals surface area contributed by atoms with Crippen LogP contribution in [0, 0.1) is 25.0 Å². The van der Waals surface area contributed by atoms with Gasteiger partial charge in [-0.2, -0.15) is 4.98 Å². The second-order valence-electron chi connectivity index (χ2n) is 29.3. The van der Waals surface area contributed by atoms with Crippen molar-refractivity contribution < 1.29 is 60.5 Å². The Hall–Kier alpha value is -10.8. The van der Waals surface area contributed by atoms with Gasteiger partial charge in [0, 0.05) is 60.0 Å². The molecule has 5 heterocycles. The lowest BCUT2D eigenvalue weighted by molar-refractivity contribution is -0.120. The molecule has 26 nitrogen and oxygen atoms in total. The first kappa shape index (κ1) is 84.6. The van der Waals surface area contributed by atoms with Crippen molar-refractivity contribution in [2.75, 3.05) is 65.6 Å². The number of hydrogen-bond donors (Lipinski definition) is 3. The number of phosphoric acid groups is 1. The van der Waals surface area contributed by atoms with Crippen LogP contribution in [0.3, 0.4) is 0 Å². The molecule has 0 radical (unpaired) electrons. The maximum atomic E-state index is 16.0. The Kier molecular flexibility index (Phi) is 28.0. The molecule has 8 atom stereocenters. The quantitative estimate of drug-likeness (QED) is 0.00844. The molecule has 7 aromatic carbocycles. The molecule has 0 spiro atoms. The lowest BCUT2D eigenvalue weighted by Crippen LogP contribution is -2.69. The fourth-order valence-corrected chi connectivity index (χ4v) is 23.8. The molecule has 2 fully saturated rings. The molecule has 602 valence electrons. The fourth-order valence-electron chi connectivity index (χ4n) is 15.1. The van der Waals surface area contributed by atoms with Crippen LogP contribution in [0.25, 0.3) is 20.6 Å². The Morgan fingerprint density at radius 2 is 1.24 bits per heavy atom. The van der Waals surface area contributed by atoms with Gasteiger partial charge in [0.2, 0.25) is 27.2 Å². The number of nitrogens with zero attached hydrogens (tertiary/aromatic N) is 7. The van der Waals surface area contributed by atoms with Gasteiger partial charge in [0.15, 0.2) is 0 Å². The third-order valence-electron chi connectivity index (χ3n) is 20.3. The van der Waals surface area contributed by atoms with Crippen LogP contribution in [0.1, 0.15) is 112 Å². The number of H-pyrrole nitrogens is 1. The number of benzene rings is 7. The van der Waals surface area contributed by atoms with Crippen LogP contribution in [-0.4, -0.2) is 145 Å². The molecule has 116 heavy (non-hydrogen) atoms. The lowest BCUT2D eigenvalue weighted by atomic mass is 9.80. The molecular weight excluding hydrogens is 1530 g/mol. The highest BCUT2D eigenvalue weighted by molar-refractivity contribution is 7.48. The summed E-state index contributed by atoms with van der Waals surface area (Å²) < 4.78 is 87.5. The number of aromatic amines is 1. The van der Waals surface area contributed by atoms with E-state index in [2.05, 4.69) is 128 Å². The maximum Gasteiger partial charge on any atom is 0.475 e. The highest BCUT2D eigenvalue weighted by Crippen LogP contribution is 2.56. The van der Waals surface area contributed by atoms with E-state index in [1.165, 1.54) is 33.4 Å². The zero-order valence-corrected chi connectivity index (χ0v) is 68.8. The molecule has 12 rings (SSSR count). The standard InChI is InChI=1S/C87H94N10O16P2Si/c1-60(2)97(61(3)4)114(107-51-48-88-8)112-74-54-80(94-50-46-78(92-84(94)101)91-82(99)62-27-16-12-17-28-62)111-77(74)59-109-115(103,108-52-49-89-9)113-75-55-81(110-76(75)58-106-87(65-30-18-13-19-31-65,66-38-42-68(104-10)43-39-66)67-40-44-69(105-11)45-41-67)95-56-63(83(100)93-85(95)102)29-26-47-90-79(98)53-64-57-96(73-37-25-24-36-72(64)73)116(86(5,6)7,70-32-20-14-21-33-70)71-34-22-15-23-35-71/h12-25,27-28,30-46,50,56-57,60-61,74-77,80-81H,47-49,51-55,58-59H2,1-7,10-11H3,(H,90,98)(H,93,100,102)(H,91,92,99,101)/t74?,75?,76-,77-,80-,81-,114?,115?/m1/s1. The molecular formula is C87H94N10O16P2Si. The first-order chi connectivity index (χ1) is 56.0. The van der Waals surface area contributed by atoms with E-state index in [1.807, 2.05) is 117 Å². The minimum absolute atomic E-state index is 0.0124. The molecule has 4 unspecified atom stereocenters. The number of carbonyl (C=O) groups excluding carboxylic acids is 2. The number of ether oxygens (including phenoxy) is 5. The molecule has 0 aliphatic carbocycles. The maximum absolute atomic E-state index is 16.0. The van der Waals surface area contributed by atoms with Crippen molar-refractivity contribution >= 4 is 63.5 Å². The number of nitrogens with one attached hydrogen (secondary N) is 3. The predicted molar refractivity (Wildman–Crippen MR) is 445 cm³/mol. The second-order valence-corrected chi connectivity index (χ2v) is 36.9. The predicted octanol–water partition coefficient (Wildman–Crippen LogP) is 12.8. The number of methoxy groups -OCH3 is 2. The number of carbonyl (C=O) groups is 2. The molecule has 29 heteroatoms. The van der Waals surface area contributed by atoms with Crippen molar-refractivity contribution in [3.8, 4) is 23.3 Å². The van der Waals surface area contributed by atoms with Crippen LogP contribution in [-0.2, 0) is 58.2 Å². The van der Waals surface area contributed by atoms with Crippen molar-refractivity contribution in [3.05, 3.63) is 306 Å². The van der Waals surface area contributed by atoms with E-state index in [4.69, 9.17) is 59.4 Å². The summed E-state index contributed by atoms with van der Waals surface area (Å²) in [6.45, 7) is 28.2. The Balaban J connectivity index is 0.867. The van der Waals surface area contributed by atoms with Crippen LogP contribution in [0.5, 0.6) is 11.5 Å². The van der Waals surface area contributed by atoms with Crippen LogP contribution >= 0.6 is 16.3 Å². The van der Waals surface area contributed by atoms with Crippen LogP contribution < -0.4 is 47.4 Å². The van der Waals surface area contributed by atoms with E-state index in [0.717, 1.165) is 21.0 Å². The number of hydrogen-bond acceptors (Lipinski definition) is 18. The summed E-state index contributed by atoms with van der Waals surface area (Å²) in [7, 11) is -6.79. The molecule has 3 N–H and O–H groups in total. The highest BCUT2D eigenvalue weighted by atomic mass is 31.2. The smallest absolute Gasteiger partial charge is 0.475 e. The van der Waals surface area contributed by atoms with Gasteiger partial charge < -0.3 is 57.3 Å². The van der Waals surface area contributed by atoms with E-state index in [0.29, 0.717) is 33.8 Å². The molecule has 0 saturated carbocycles. The van der Waals surface area contributed by atoms with Crippen molar-refractivity contribution in [1.82, 2.24) is 33.3 Å². The van der Waals surface area contributed by atoms with E-state index in [-0.39, 0.29) is 86.5 Å². The number of rotatable bonds is 34. The summed E-state index contributed by atoms with van der Waals surface area (Å²) in [6.07, 6.45) is -2.76. The van der Waals surface area contributed by atoms with Gasteiger partial charge in [0.05, 0.1) is 46.5 Å². The Morgan fingerprint density at radius 1 is 0.690 bits per heavy atom. The van der Waals surface area contributed by atoms with Gasteiger partial charge in [-0.15, -0.1) is 0 Å². The lowest BCUT2D eigenvalue weighted by Gasteiger charge is -2.45. The first-order valence-electron chi connectivity index (χ1n) is 38.2. The van der Waals surface area contributed by atoms with Gasteiger partial charge >= 0.3 is 19.2 Å². The van der Waals surface area contributed by atoms with Crippen LogP contribution in [0.2, 0.25) is 5.04 Å². The summed E-state index contributed by atoms with van der Waals surface area (Å²) in [6, 6.07) is 63.0. The summed E-state index contributed by atoms with van der Waals surface area (Å²) in [4.78, 5) is 83.3. The van der Waals surface area contributed by atoms with Gasteiger partial charge in [-0.3, -0.25) is 42.1 Å². The fraction of sp³-hybridized carbons (Fsp3) is 0.333. The zero-order valence-electron chi connectivity index (χ0n) is 66.0. The minimum atomic E-state index is -5.01. The van der Waals surface area contributed by atoms with Gasteiger partial charge in [-0.1, -0.05) is 184 Å². The number of amides is 2. The van der Waals surface area contributed by atoms with Crippen LogP contribution in [0.15, 0.2) is 233 Å². The van der Waals surface area contributed by atoms with Gasteiger partial charge in [-0.05, 0) is 114 Å². The van der Waals surface area contributed by atoms with Crippen molar-refractivity contribution in [1.29, 1.82) is 0 Å². The topological polar surface area (TPSA) is 274 Å². The normalized spacial score (nSPS) is 17.7. The summed E-state index contributed by atoms with van der Waals surface area (Å²) in [5, 5.41) is 8.70. The van der Waals surface area contributed by atoms with Gasteiger partial charge in [0.1, 0.15) is 72.5 Å². The monoisotopic (exact) mass is 1620 g/mol. The second kappa shape index (κ2) is 38.3. The largest absolute Gasteiger partial charge is 0.497 e. The van der Waals surface area contributed by atoms with Crippen molar-refractivity contribution in [2.45, 2.75) is 127 Å². The van der Waals surface area contributed by atoms with Crippen LogP contribution in [0.4, 0.5) is 5.82 Å². The number of fused-ring (bicyclic) bond motifs is 1. The summed E-state index contributed by atoms with van der Waals surface area (Å²) in [5.74, 6) is 6.10. The molecule has 2 amide bonds.